The summed E-state index contributed by atoms with van der Waals surface area (Å²) >= 11 is 7.87. The van der Waals surface area contributed by atoms with Crippen molar-refractivity contribution in [3.8, 4) is 5.75 Å². The predicted molar refractivity (Wildman–Crippen MR) is 86.0 cm³/mol. The molecule has 0 saturated heterocycles. The van der Waals surface area contributed by atoms with Crippen LogP contribution in [0.3, 0.4) is 0 Å². The number of hydrogen-bond acceptors (Lipinski definition) is 4. The number of hydrogen-bond donors (Lipinski definition) is 1. The highest BCUT2D eigenvalue weighted by Gasteiger charge is 2.07. The first-order valence-electron chi connectivity index (χ1n) is 6.39. The minimum Gasteiger partial charge on any atom is -0.496 e. The van der Waals surface area contributed by atoms with Gasteiger partial charge in [0.15, 0.2) is 0 Å². The molecule has 0 spiro atoms. The lowest BCUT2D eigenvalue weighted by Crippen LogP contribution is -2.01. The Morgan fingerprint density at radius 3 is 2.80 bits per heavy atom. The van der Waals surface area contributed by atoms with E-state index < -0.39 is 0 Å². The minimum atomic E-state index is 0.689. The molecule has 106 valence electrons. The Balaban J connectivity index is 2.12. The minimum absolute atomic E-state index is 0.689. The van der Waals surface area contributed by atoms with E-state index in [1.165, 1.54) is 0 Å². The largest absolute Gasteiger partial charge is 0.496 e. The number of pyridine rings is 1. The van der Waals surface area contributed by atoms with Gasteiger partial charge >= 0.3 is 0 Å². The number of aromatic nitrogens is 1. The normalized spacial score (nSPS) is 10.3. The molecule has 0 fully saturated rings. The zero-order chi connectivity index (χ0) is 14.4. The Kier molecular flexibility index (Phi) is 5.56. The molecular weight excluding hydrogens is 292 g/mol. The molecule has 20 heavy (non-hydrogen) atoms. The summed E-state index contributed by atoms with van der Waals surface area (Å²) in [4.78, 5) is 5.61. The van der Waals surface area contributed by atoms with Crippen molar-refractivity contribution in [2.75, 3.05) is 19.0 Å². The maximum Gasteiger partial charge on any atom is 0.132 e. The summed E-state index contributed by atoms with van der Waals surface area (Å²) in [5.41, 5.74) is 0.876. The van der Waals surface area contributed by atoms with Crippen molar-refractivity contribution in [2.45, 2.75) is 17.6 Å². The maximum atomic E-state index is 6.20. The van der Waals surface area contributed by atoms with Gasteiger partial charge in [0.1, 0.15) is 11.6 Å². The van der Waals surface area contributed by atoms with Gasteiger partial charge in [0.2, 0.25) is 0 Å². The zero-order valence-corrected chi connectivity index (χ0v) is 13.1. The molecule has 0 radical (unpaired) electrons. The summed E-state index contributed by atoms with van der Waals surface area (Å²) in [6.07, 6.45) is 0. The molecule has 0 aliphatic rings. The van der Waals surface area contributed by atoms with Crippen LogP contribution in [0.4, 0.5) is 5.82 Å². The first-order valence-corrected chi connectivity index (χ1v) is 7.76. The number of halogens is 1. The van der Waals surface area contributed by atoms with E-state index in [-0.39, 0.29) is 0 Å². The SMILES string of the molecule is CCNc1ccc(Cl)c(CSc2ccccc2OC)n1. The van der Waals surface area contributed by atoms with Gasteiger partial charge in [-0.15, -0.1) is 11.8 Å². The molecule has 0 aliphatic heterocycles. The van der Waals surface area contributed by atoms with E-state index in [1.54, 1.807) is 18.9 Å². The Bertz CT molecular complexity index is 578. The van der Waals surface area contributed by atoms with Crippen LogP contribution in [0.5, 0.6) is 5.75 Å². The molecule has 2 rings (SSSR count). The molecule has 0 unspecified atom stereocenters. The van der Waals surface area contributed by atoms with E-state index in [0.717, 1.165) is 28.7 Å². The molecule has 1 aromatic heterocycles. The fraction of sp³-hybridized carbons (Fsp3) is 0.267. The smallest absolute Gasteiger partial charge is 0.132 e. The van der Waals surface area contributed by atoms with Crippen LogP contribution in [0.15, 0.2) is 41.3 Å². The molecule has 5 heteroatoms. The van der Waals surface area contributed by atoms with Gasteiger partial charge in [-0.25, -0.2) is 4.98 Å². The van der Waals surface area contributed by atoms with Crippen molar-refractivity contribution in [1.29, 1.82) is 0 Å². The van der Waals surface area contributed by atoms with Gasteiger partial charge in [-0.3, -0.25) is 0 Å². The molecule has 3 nitrogen and oxygen atoms in total. The highest BCUT2D eigenvalue weighted by atomic mass is 35.5. The van der Waals surface area contributed by atoms with E-state index in [9.17, 15) is 0 Å². The highest BCUT2D eigenvalue weighted by Crippen LogP contribution is 2.32. The quantitative estimate of drug-likeness (QED) is 0.799. The van der Waals surface area contributed by atoms with Crippen molar-refractivity contribution >= 4 is 29.2 Å². The highest BCUT2D eigenvalue weighted by molar-refractivity contribution is 7.98. The summed E-state index contributed by atoms with van der Waals surface area (Å²) in [5, 5.41) is 3.88. The molecule has 0 aliphatic carbocycles. The Morgan fingerprint density at radius 2 is 2.05 bits per heavy atom. The van der Waals surface area contributed by atoms with Crippen LogP contribution >= 0.6 is 23.4 Å². The number of thioether (sulfide) groups is 1. The van der Waals surface area contributed by atoms with Gasteiger partial charge in [-0.05, 0) is 31.2 Å². The zero-order valence-electron chi connectivity index (χ0n) is 11.5. The predicted octanol–water partition coefficient (Wildman–Crippen LogP) is 4.47. The monoisotopic (exact) mass is 308 g/mol. The second-order valence-electron chi connectivity index (χ2n) is 4.09. The van der Waals surface area contributed by atoms with Gasteiger partial charge in [-0.2, -0.15) is 0 Å². The van der Waals surface area contributed by atoms with E-state index in [2.05, 4.69) is 10.3 Å². The number of rotatable bonds is 6. The fourth-order valence-corrected chi connectivity index (χ4v) is 2.98. The number of ether oxygens (including phenoxy) is 1. The molecule has 1 heterocycles. The van der Waals surface area contributed by atoms with Crippen molar-refractivity contribution in [1.82, 2.24) is 4.98 Å². The lowest BCUT2D eigenvalue weighted by Gasteiger charge is -2.09. The molecular formula is C15H17ClN2OS. The average Bonchev–Trinajstić information content (AvgIpc) is 2.48. The molecule has 2 aromatic rings. The van der Waals surface area contributed by atoms with Crippen molar-refractivity contribution in [3.63, 3.8) is 0 Å². The average molecular weight is 309 g/mol. The maximum absolute atomic E-state index is 6.20. The molecule has 0 atom stereocenters. The third-order valence-corrected chi connectivity index (χ3v) is 4.12. The third kappa shape index (κ3) is 3.81. The van der Waals surface area contributed by atoms with Crippen LogP contribution in [-0.2, 0) is 5.75 Å². The van der Waals surface area contributed by atoms with E-state index >= 15 is 0 Å². The van der Waals surface area contributed by atoms with Gasteiger partial charge in [0, 0.05) is 17.2 Å². The van der Waals surface area contributed by atoms with Crippen molar-refractivity contribution in [3.05, 3.63) is 47.1 Å². The van der Waals surface area contributed by atoms with Crippen molar-refractivity contribution in [2.24, 2.45) is 0 Å². The lowest BCUT2D eigenvalue weighted by atomic mass is 10.3. The van der Waals surface area contributed by atoms with Crippen LogP contribution in [-0.4, -0.2) is 18.6 Å². The van der Waals surface area contributed by atoms with E-state index in [4.69, 9.17) is 16.3 Å². The number of methoxy groups -OCH3 is 1. The van der Waals surface area contributed by atoms with E-state index in [1.807, 2.05) is 43.3 Å². The van der Waals surface area contributed by atoms with Gasteiger partial charge in [-0.1, -0.05) is 23.7 Å². The van der Waals surface area contributed by atoms with E-state index in [0.29, 0.717) is 10.8 Å². The molecule has 1 N–H and O–H groups in total. The lowest BCUT2D eigenvalue weighted by molar-refractivity contribution is 0.405. The standard InChI is InChI=1S/C15H17ClN2OS/c1-3-17-15-9-8-11(16)12(18-15)10-20-14-7-5-4-6-13(14)19-2/h4-9H,3,10H2,1-2H3,(H,17,18). The number of nitrogens with zero attached hydrogens (tertiary/aromatic N) is 1. The topological polar surface area (TPSA) is 34.1 Å². The molecule has 0 bridgehead atoms. The summed E-state index contributed by atoms with van der Waals surface area (Å²) in [7, 11) is 1.68. The van der Waals surface area contributed by atoms with Crippen LogP contribution in [0.25, 0.3) is 0 Å². The number of benzene rings is 1. The summed E-state index contributed by atoms with van der Waals surface area (Å²) < 4.78 is 5.34. The fourth-order valence-electron chi connectivity index (χ4n) is 1.75. The molecule has 0 saturated carbocycles. The Hall–Kier alpha value is -1.39. The summed E-state index contributed by atoms with van der Waals surface area (Å²) in [5.74, 6) is 2.43. The van der Waals surface area contributed by atoms with Gasteiger partial charge in [0.25, 0.3) is 0 Å². The van der Waals surface area contributed by atoms with Crippen LogP contribution in [0.2, 0.25) is 5.02 Å². The van der Waals surface area contributed by atoms with Crippen LogP contribution in [0, 0.1) is 0 Å². The second-order valence-corrected chi connectivity index (χ2v) is 5.52. The van der Waals surface area contributed by atoms with Crippen molar-refractivity contribution < 1.29 is 4.74 Å². The first kappa shape index (κ1) is 15.0. The van der Waals surface area contributed by atoms with Crippen LogP contribution in [0.1, 0.15) is 12.6 Å². The molecule has 0 amide bonds. The second kappa shape index (κ2) is 7.41. The Morgan fingerprint density at radius 1 is 1.25 bits per heavy atom. The summed E-state index contributed by atoms with van der Waals surface area (Å²) in [6.45, 7) is 2.88. The number of para-hydroxylation sites is 1. The first-order chi connectivity index (χ1) is 9.74. The number of anilines is 1. The third-order valence-electron chi connectivity index (χ3n) is 2.71. The molecule has 1 aromatic carbocycles. The Labute approximate surface area is 128 Å². The number of nitrogens with one attached hydrogen (secondary N) is 1. The van der Waals surface area contributed by atoms with Gasteiger partial charge < -0.3 is 10.1 Å². The summed E-state index contributed by atoms with van der Waals surface area (Å²) in [6, 6.07) is 11.7. The van der Waals surface area contributed by atoms with Gasteiger partial charge in [0.05, 0.1) is 17.8 Å². The van der Waals surface area contributed by atoms with Crippen LogP contribution < -0.4 is 10.1 Å².